The molecule has 1 atom stereocenters. The fraction of sp³-hybridized carbons (Fsp3) is 0.923. The molecule has 1 saturated heterocycles. The van der Waals surface area contributed by atoms with Crippen LogP contribution in [0.15, 0.2) is 5.16 Å². The van der Waals surface area contributed by atoms with E-state index < -0.39 is 0 Å². The first-order valence-electron chi connectivity index (χ1n) is 6.81. The minimum Gasteiger partial charge on any atom is -0.409 e. The van der Waals surface area contributed by atoms with E-state index in [0.717, 1.165) is 24.6 Å². The molecule has 1 heterocycles. The van der Waals surface area contributed by atoms with Gasteiger partial charge >= 0.3 is 0 Å². The van der Waals surface area contributed by atoms with Crippen LogP contribution in [0.1, 0.15) is 40.0 Å². The highest BCUT2D eigenvalue weighted by Gasteiger charge is 2.24. The van der Waals surface area contributed by atoms with E-state index in [1.807, 2.05) is 13.8 Å². The van der Waals surface area contributed by atoms with Gasteiger partial charge in [0, 0.05) is 29.5 Å². The summed E-state index contributed by atoms with van der Waals surface area (Å²) < 4.78 is 0. The van der Waals surface area contributed by atoms with Crippen molar-refractivity contribution >= 4 is 17.6 Å². The van der Waals surface area contributed by atoms with Crippen molar-refractivity contribution < 1.29 is 5.21 Å². The van der Waals surface area contributed by atoms with Gasteiger partial charge in [-0.05, 0) is 25.8 Å². The first-order chi connectivity index (χ1) is 8.49. The maximum absolute atomic E-state index is 8.73. The van der Waals surface area contributed by atoms with Crippen molar-refractivity contribution in [1.29, 1.82) is 0 Å². The van der Waals surface area contributed by atoms with Crippen LogP contribution in [0.25, 0.3) is 0 Å². The molecule has 106 valence electrons. The summed E-state index contributed by atoms with van der Waals surface area (Å²) in [6.45, 7) is 9.87. The summed E-state index contributed by atoms with van der Waals surface area (Å²) in [5, 5.41) is 12.7. The van der Waals surface area contributed by atoms with E-state index in [-0.39, 0.29) is 5.41 Å². The SMILES string of the molecule is CCC1CN(CCCC(C)(C)C(N)=NO)CCS1. The molecular formula is C13H27N3OS. The average molecular weight is 273 g/mol. The summed E-state index contributed by atoms with van der Waals surface area (Å²) >= 11 is 2.10. The Morgan fingerprint density at radius 2 is 2.28 bits per heavy atom. The van der Waals surface area contributed by atoms with Gasteiger partial charge in [-0.3, -0.25) is 0 Å². The molecule has 0 aromatic rings. The van der Waals surface area contributed by atoms with Crippen LogP contribution in [0, 0.1) is 5.41 Å². The Morgan fingerprint density at radius 1 is 1.56 bits per heavy atom. The van der Waals surface area contributed by atoms with Crippen LogP contribution < -0.4 is 5.73 Å². The smallest absolute Gasteiger partial charge is 0.144 e. The van der Waals surface area contributed by atoms with E-state index in [1.165, 1.54) is 25.3 Å². The van der Waals surface area contributed by atoms with Gasteiger partial charge in [0.15, 0.2) is 0 Å². The molecule has 1 rings (SSSR count). The molecule has 0 aliphatic carbocycles. The summed E-state index contributed by atoms with van der Waals surface area (Å²) in [7, 11) is 0. The van der Waals surface area contributed by atoms with Crippen LogP contribution in [0.5, 0.6) is 0 Å². The summed E-state index contributed by atoms with van der Waals surface area (Å²) in [5.41, 5.74) is 5.49. The van der Waals surface area contributed by atoms with Gasteiger partial charge in [-0.2, -0.15) is 11.8 Å². The van der Waals surface area contributed by atoms with Crippen LogP contribution in [0.3, 0.4) is 0 Å². The fourth-order valence-electron chi connectivity index (χ4n) is 2.24. The number of nitrogens with two attached hydrogens (primary N) is 1. The molecular weight excluding hydrogens is 246 g/mol. The normalized spacial score (nSPS) is 23.3. The fourth-order valence-corrected chi connectivity index (χ4v) is 3.49. The Hall–Kier alpha value is -0.420. The van der Waals surface area contributed by atoms with Crippen molar-refractivity contribution in [2.75, 3.05) is 25.4 Å². The zero-order chi connectivity index (χ0) is 13.6. The Labute approximate surface area is 115 Å². The lowest BCUT2D eigenvalue weighted by Crippen LogP contribution is -2.39. The number of hydrogen-bond acceptors (Lipinski definition) is 4. The molecule has 1 unspecified atom stereocenters. The topological polar surface area (TPSA) is 61.8 Å². The molecule has 18 heavy (non-hydrogen) atoms. The molecule has 0 amide bonds. The van der Waals surface area contributed by atoms with Gasteiger partial charge in [-0.15, -0.1) is 0 Å². The Balaban J connectivity index is 2.29. The Kier molecular flexibility index (Phi) is 6.29. The van der Waals surface area contributed by atoms with Crippen LogP contribution >= 0.6 is 11.8 Å². The molecule has 1 aliphatic heterocycles. The molecule has 0 aromatic carbocycles. The number of amidine groups is 1. The average Bonchev–Trinajstić information content (AvgIpc) is 2.37. The molecule has 0 saturated carbocycles. The molecule has 1 fully saturated rings. The molecule has 0 radical (unpaired) electrons. The number of rotatable bonds is 6. The number of oxime groups is 1. The van der Waals surface area contributed by atoms with Gasteiger partial charge in [0.05, 0.1) is 0 Å². The largest absolute Gasteiger partial charge is 0.409 e. The predicted octanol–water partition coefficient (Wildman–Crippen LogP) is 2.37. The second-order valence-corrected chi connectivity index (χ2v) is 7.08. The van der Waals surface area contributed by atoms with Crippen molar-refractivity contribution in [3.63, 3.8) is 0 Å². The third-order valence-electron chi connectivity index (χ3n) is 3.76. The molecule has 1 aliphatic rings. The van der Waals surface area contributed by atoms with E-state index in [9.17, 15) is 0 Å². The van der Waals surface area contributed by atoms with Crippen LogP contribution in [-0.2, 0) is 0 Å². The molecule has 4 nitrogen and oxygen atoms in total. The first kappa shape index (κ1) is 15.6. The Bertz CT molecular complexity index is 281. The van der Waals surface area contributed by atoms with Crippen molar-refractivity contribution in [2.45, 2.75) is 45.3 Å². The number of nitrogens with zero attached hydrogens (tertiary/aromatic N) is 2. The van der Waals surface area contributed by atoms with E-state index in [4.69, 9.17) is 10.9 Å². The highest BCUT2D eigenvalue weighted by molar-refractivity contribution is 8.00. The Morgan fingerprint density at radius 3 is 2.89 bits per heavy atom. The van der Waals surface area contributed by atoms with Gasteiger partial charge in [0.2, 0.25) is 0 Å². The van der Waals surface area contributed by atoms with Crippen LogP contribution in [0.4, 0.5) is 0 Å². The second kappa shape index (κ2) is 7.24. The van der Waals surface area contributed by atoms with Gasteiger partial charge in [-0.25, -0.2) is 0 Å². The van der Waals surface area contributed by atoms with Gasteiger partial charge in [0.25, 0.3) is 0 Å². The second-order valence-electron chi connectivity index (χ2n) is 5.67. The van der Waals surface area contributed by atoms with Crippen molar-refractivity contribution in [1.82, 2.24) is 4.90 Å². The number of thioether (sulfide) groups is 1. The number of hydrogen-bond donors (Lipinski definition) is 2. The minimum absolute atomic E-state index is 0.205. The van der Waals surface area contributed by atoms with Crippen molar-refractivity contribution in [3.8, 4) is 0 Å². The van der Waals surface area contributed by atoms with Crippen molar-refractivity contribution in [2.24, 2.45) is 16.3 Å². The maximum atomic E-state index is 8.73. The van der Waals surface area contributed by atoms with Gasteiger partial charge in [-0.1, -0.05) is 25.9 Å². The predicted molar refractivity (Wildman–Crippen MR) is 79.4 cm³/mol. The zero-order valence-electron chi connectivity index (χ0n) is 11.9. The molecule has 0 spiro atoms. The minimum atomic E-state index is -0.205. The lowest BCUT2D eigenvalue weighted by atomic mass is 9.86. The molecule has 5 heteroatoms. The highest BCUT2D eigenvalue weighted by atomic mass is 32.2. The molecule has 3 N–H and O–H groups in total. The van der Waals surface area contributed by atoms with Crippen LogP contribution in [0.2, 0.25) is 0 Å². The summed E-state index contributed by atoms with van der Waals surface area (Å²) in [6.07, 6.45) is 3.32. The summed E-state index contributed by atoms with van der Waals surface area (Å²) in [4.78, 5) is 2.55. The third kappa shape index (κ3) is 4.69. The standard InChI is InChI=1S/C13H27N3OS/c1-4-11-10-16(8-9-18-11)7-5-6-13(2,3)12(14)15-17/h11,17H,4-10H2,1-3H3,(H2,14,15). The quantitative estimate of drug-likeness (QED) is 0.337. The monoisotopic (exact) mass is 273 g/mol. The summed E-state index contributed by atoms with van der Waals surface area (Å²) in [5.74, 6) is 1.59. The van der Waals surface area contributed by atoms with Gasteiger partial charge < -0.3 is 15.8 Å². The molecule has 0 aromatic heterocycles. The van der Waals surface area contributed by atoms with E-state index in [2.05, 4.69) is 28.7 Å². The molecule has 0 bridgehead atoms. The lowest BCUT2D eigenvalue weighted by molar-refractivity contribution is 0.260. The van der Waals surface area contributed by atoms with Crippen molar-refractivity contribution in [3.05, 3.63) is 0 Å². The maximum Gasteiger partial charge on any atom is 0.144 e. The van der Waals surface area contributed by atoms with Gasteiger partial charge in [0.1, 0.15) is 5.84 Å². The summed E-state index contributed by atoms with van der Waals surface area (Å²) in [6, 6.07) is 0. The zero-order valence-corrected chi connectivity index (χ0v) is 12.7. The van der Waals surface area contributed by atoms with E-state index in [1.54, 1.807) is 0 Å². The highest BCUT2D eigenvalue weighted by Crippen LogP contribution is 2.24. The van der Waals surface area contributed by atoms with E-state index >= 15 is 0 Å². The lowest BCUT2D eigenvalue weighted by Gasteiger charge is -2.32. The third-order valence-corrected chi connectivity index (χ3v) is 5.13. The van der Waals surface area contributed by atoms with Crippen LogP contribution in [-0.4, -0.2) is 46.6 Å². The first-order valence-corrected chi connectivity index (χ1v) is 7.86. The van der Waals surface area contributed by atoms with E-state index in [0.29, 0.717) is 5.84 Å².